The Kier molecular flexibility index (Phi) is 3.32. The molecular weight excluding hydrogens is 152 g/mol. The van der Waals surface area contributed by atoms with Crippen molar-refractivity contribution < 1.29 is 9.53 Å². The highest BCUT2D eigenvalue weighted by Crippen LogP contribution is 2.25. The summed E-state index contributed by atoms with van der Waals surface area (Å²) in [4.78, 5) is 11.0. The summed E-state index contributed by atoms with van der Waals surface area (Å²) in [6, 6.07) is 0. The third-order valence-corrected chi connectivity index (χ3v) is 2.12. The first-order chi connectivity index (χ1) is 5.72. The van der Waals surface area contributed by atoms with Crippen LogP contribution in [0.15, 0.2) is 12.2 Å². The number of carbonyl (C=O) groups is 1. The molecule has 0 bridgehead atoms. The third kappa shape index (κ3) is 2.68. The SMILES string of the molecule is CCOC(=O)C[C@@H]1C=C[C@H](C)C1. The van der Waals surface area contributed by atoms with Crippen molar-refractivity contribution in [2.45, 2.75) is 26.7 Å². The van der Waals surface area contributed by atoms with Gasteiger partial charge in [-0.1, -0.05) is 19.1 Å². The molecule has 0 amide bonds. The standard InChI is InChI=1S/C10H16O2/c1-3-12-10(11)7-9-5-4-8(2)6-9/h4-5,8-9H,3,6-7H2,1-2H3/t8-,9+/m0/s1. The maximum atomic E-state index is 11.0. The van der Waals surface area contributed by atoms with Gasteiger partial charge in [-0.05, 0) is 25.2 Å². The molecule has 0 saturated heterocycles. The Morgan fingerprint density at radius 3 is 2.83 bits per heavy atom. The van der Waals surface area contributed by atoms with Gasteiger partial charge in [-0.2, -0.15) is 0 Å². The number of hydrogen-bond acceptors (Lipinski definition) is 2. The molecular formula is C10H16O2. The van der Waals surface area contributed by atoms with Crippen molar-refractivity contribution in [1.29, 1.82) is 0 Å². The van der Waals surface area contributed by atoms with Crippen molar-refractivity contribution in [1.82, 2.24) is 0 Å². The summed E-state index contributed by atoms with van der Waals surface area (Å²) in [6.45, 7) is 4.50. The molecule has 0 unspecified atom stereocenters. The van der Waals surface area contributed by atoms with E-state index in [9.17, 15) is 4.79 Å². The molecule has 0 aromatic heterocycles. The molecule has 0 heterocycles. The van der Waals surface area contributed by atoms with E-state index in [-0.39, 0.29) is 5.97 Å². The summed E-state index contributed by atoms with van der Waals surface area (Å²) in [5, 5.41) is 0. The Balaban J connectivity index is 2.24. The zero-order valence-corrected chi connectivity index (χ0v) is 7.75. The van der Waals surface area contributed by atoms with Crippen molar-refractivity contribution in [2.24, 2.45) is 11.8 Å². The van der Waals surface area contributed by atoms with E-state index in [1.54, 1.807) is 0 Å². The normalized spacial score (nSPS) is 27.5. The summed E-state index contributed by atoms with van der Waals surface area (Å²) in [6.07, 6.45) is 5.94. The Bertz CT molecular complexity index is 184. The maximum Gasteiger partial charge on any atom is 0.306 e. The maximum absolute atomic E-state index is 11.0. The number of carbonyl (C=O) groups excluding carboxylic acids is 1. The first-order valence-electron chi connectivity index (χ1n) is 4.56. The zero-order chi connectivity index (χ0) is 8.97. The van der Waals surface area contributed by atoms with Crippen LogP contribution in [0, 0.1) is 11.8 Å². The monoisotopic (exact) mass is 168 g/mol. The van der Waals surface area contributed by atoms with Gasteiger partial charge in [0.15, 0.2) is 0 Å². The predicted octanol–water partition coefficient (Wildman–Crippen LogP) is 2.15. The predicted molar refractivity (Wildman–Crippen MR) is 47.7 cm³/mol. The molecule has 2 atom stereocenters. The molecule has 1 aliphatic carbocycles. The van der Waals surface area contributed by atoms with Gasteiger partial charge < -0.3 is 4.74 Å². The minimum absolute atomic E-state index is 0.0683. The molecule has 0 aromatic carbocycles. The van der Waals surface area contributed by atoms with Crippen molar-refractivity contribution in [3.63, 3.8) is 0 Å². The topological polar surface area (TPSA) is 26.3 Å². The van der Waals surface area contributed by atoms with Crippen molar-refractivity contribution in [2.75, 3.05) is 6.61 Å². The average molecular weight is 168 g/mol. The first kappa shape index (κ1) is 9.30. The van der Waals surface area contributed by atoms with Gasteiger partial charge in [-0.25, -0.2) is 0 Å². The van der Waals surface area contributed by atoms with Gasteiger partial charge in [0.25, 0.3) is 0 Å². The fourth-order valence-electron chi connectivity index (χ4n) is 1.57. The van der Waals surface area contributed by atoms with Crippen LogP contribution in [0.2, 0.25) is 0 Å². The lowest BCUT2D eigenvalue weighted by Crippen LogP contribution is -2.09. The molecule has 12 heavy (non-hydrogen) atoms. The van der Waals surface area contributed by atoms with Gasteiger partial charge >= 0.3 is 5.97 Å². The molecule has 1 rings (SSSR count). The van der Waals surface area contributed by atoms with Crippen molar-refractivity contribution >= 4 is 5.97 Å². The molecule has 2 nitrogen and oxygen atoms in total. The van der Waals surface area contributed by atoms with E-state index in [1.165, 1.54) is 0 Å². The van der Waals surface area contributed by atoms with E-state index < -0.39 is 0 Å². The highest BCUT2D eigenvalue weighted by Gasteiger charge is 2.18. The van der Waals surface area contributed by atoms with Crippen LogP contribution in [-0.2, 0) is 9.53 Å². The summed E-state index contributed by atoms with van der Waals surface area (Å²) in [7, 11) is 0. The van der Waals surface area contributed by atoms with E-state index in [2.05, 4.69) is 19.1 Å². The Labute approximate surface area is 73.6 Å². The summed E-state index contributed by atoms with van der Waals surface area (Å²) >= 11 is 0. The van der Waals surface area contributed by atoms with E-state index >= 15 is 0 Å². The van der Waals surface area contributed by atoms with Crippen LogP contribution in [0.5, 0.6) is 0 Å². The zero-order valence-electron chi connectivity index (χ0n) is 7.75. The van der Waals surface area contributed by atoms with Crippen LogP contribution in [-0.4, -0.2) is 12.6 Å². The summed E-state index contributed by atoms with van der Waals surface area (Å²) in [5.74, 6) is 0.977. The van der Waals surface area contributed by atoms with Gasteiger partial charge in [0, 0.05) is 0 Å². The Morgan fingerprint density at radius 2 is 2.33 bits per heavy atom. The van der Waals surface area contributed by atoms with E-state index in [1.807, 2.05) is 6.92 Å². The highest BCUT2D eigenvalue weighted by molar-refractivity contribution is 5.70. The minimum atomic E-state index is -0.0683. The van der Waals surface area contributed by atoms with Gasteiger partial charge in [-0.15, -0.1) is 0 Å². The van der Waals surface area contributed by atoms with Gasteiger partial charge in [0.2, 0.25) is 0 Å². The van der Waals surface area contributed by atoms with Gasteiger partial charge in [0.1, 0.15) is 0 Å². The molecule has 2 heteroatoms. The molecule has 0 N–H and O–H groups in total. The fourth-order valence-corrected chi connectivity index (χ4v) is 1.57. The fraction of sp³-hybridized carbons (Fsp3) is 0.700. The summed E-state index contributed by atoms with van der Waals surface area (Å²) in [5.41, 5.74) is 0. The van der Waals surface area contributed by atoms with E-state index in [0.29, 0.717) is 24.9 Å². The van der Waals surface area contributed by atoms with Gasteiger partial charge in [-0.3, -0.25) is 4.79 Å². The lowest BCUT2D eigenvalue weighted by atomic mass is 10.0. The smallest absolute Gasteiger partial charge is 0.306 e. The lowest BCUT2D eigenvalue weighted by molar-refractivity contribution is -0.143. The Morgan fingerprint density at radius 1 is 1.58 bits per heavy atom. The number of esters is 1. The molecule has 0 spiro atoms. The molecule has 68 valence electrons. The lowest BCUT2D eigenvalue weighted by Gasteiger charge is -2.07. The van der Waals surface area contributed by atoms with E-state index in [0.717, 1.165) is 6.42 Å². The number of hydrogen-bond donors (Lipinski definition) is 0. The molecule has 0 saturated carbocycles. The van der Waals surface area contributed by atoms with Crippen molar-refractivity contribution in [3.05, 3.63) is 12.2 Å². The summed E-state index contributed by atoms with van der Waals surface area (Å²) < 4.78 is 4.87. The van der Waals surface area contributed by atoms with Crippen LogP contribution in [0.4, 0.5) is 0 Å². The number of allylic oxidation sites excluding steroid dienone is 2. The third-order valence-electron chi connectivity index (χ3n) is 2.12. The second-order valence-electron chi connectivity index (χ2n) is 3.37. The Hall–Kier alpha value is -0.790. The second-order valence-corrected chi connectivity index (χ2v) is 3.37. The molecule has 0 fully saturated rings. The van der Waals surface area contributed by atoms with Crippen LogP contribution in [0.25, 0.3) is 0 Å². The van der Waals surface area contributed by atoms with Gasteiger partial charge in [0.05, 0.1) is 13.0 Å². The molecule has 1 aliphatic rings. The molecule has 0 radical (unpaired) electrons. The number of rotatable bonds is 3. The molecule has 0 aliphatic heterocycles. The quantitative estimate of drug-likeness (QED) is 0.477. The number of ether oxygens (including phenoxy) is 1. The first-order valence-corrected chi connectivity index (χ1v) is 4.56. The minimum Gasteiger partial charge on any atom is -0.466 e. The second kappa shape index (κ2) is 4.29. The molecule has 0 aromatic rings. The van der Waals surface area contributed by atoms with E-state index in [4.69, 9.17) is 4.74 Å². The highest BCUT2D eigenvalue weighted by atomic mass is 16.5. The van der Waals surface area contributed by atoms with Crippen LogP contribution in [0.3, 0.4) is 0 Å². The largest absolute Gasteiger partial charge is 0.466 e. The average Bonchev–Trinajstić information content (AvgIpc) is 2.36. The van der Waals surface area contributed by atoms with Crippen LogP contribution in [0.1, 0.15) is 26.7 Å². The van der Waals surface area contributed by atoms with Crippen LogP contribution >= 0.6 is 0 Å². The van der Waals surface area contributed by atoms with Crippen molar-refractivity contribution in [3.8, 4) is 0 Å². The van der Waals surface area contributed by atoms with Crippen LogP contribution < -0.4 is 0 Å².